The van der Waals surface area contributed by atoms with Gasteiger partial charge in [-0.05, 0) is 30.4 Å². The van der Waals surface area contributed by atoms with Crippen LogP contribution in [-0.2, 0) is 16.0 Å². The number of hydrogen-bond donors (Lipinski definition) is 3. The van der Waals surface area contributed by atoms with Gasteiger partial charge in [0, 0.05) is 13.1 Å². The number of benzene rings is 1. The van der Waals surface area contributed by atoms with Gasteiger partial charge in [0.25, 0.3) is 0 Å². The Labute approximate surface area is 117 Å². The minimum atomic E-state index is -0.810. The lowest BCUT2D eigenvalue weighted by Crippen LogP contribution is -2.44. The standard InChI is InChI=1S/C15H18N2O3/c18-13(17-9-15(6-7-15)14(19)20)12-11-4-2-1-3-10(11)5-8-16-12/h1-4,12,16H,5-9H2,(H,17,18)(H,19,20). The van der Waals surface area contributed by atoms with Crippen LogP contribution in [0.5, 0.6) is 0 Å². The van der Waals surface area contributed by atoms with Crippen LogP contribution in [0, 0.1) is 5.41 Å². The van der Waals surface area contributed by atoms with E-state index in [9.17, 15) is 9.59 Å². The van der Waals surface area contributed by atoms with E-state index < -0.39 is 11.4 Å². The molecule has 3 N–H and O–H groups in total. The Morgan fingerprint density at radius 1 is 1.35 bits per heavy atom. The summed E-state index contributed by atoms with van der Waals surface area (Å²) < 4.78 is 0. The highest BCUT2D eigenvalue weighted by atomic mass is 16.4. The largest absolute Gasteiger partial charge is 0.481 e. The van der Waals surface area contributed by atoms with Crippen molar-refractivity contribution in [1.29, 1.82) is 0 Å². The molecule has 1 aliphatic heterocycles. The van der Waals surface area contributed by atoms with Crippen molar-refractivity contribution in [3.05, 3.63) is 35.4 Å². The van der Waals surface area contributed by atoms with Gasteiger partial charge in [-0.15, -0.1) is 0 Å². The second-order valence-electron chi connectivity index (χ2n) is 5.64. The quantitative estimate of drug-likeness (QED) is 0.761. The fraction of sp³-hybridized carbons (Fsp3) is 0.467. The number of carboxylic acid groups (broad SMARTS) is 1. The first-order valence-electron chi connectivity index (χ1n) is 6.95. The summed E-state index contributed by atoms with van der Waals surface area (Å²) in [7, 11) is 0. The van der Waals surface area contributed by atoms with Gasteiger partial charge < -0.3 is 15.7 Å². The second kappa shape index (κ2) is 4.90. The van der Waals surface area contributed by atoms with E-state index in [0.717, 1.165) is 18.5 Å². The van der Waals surface area contributed by atoms with Crippen LogP contribution in [0.2, 0.25) is 0 Å². The first-order chi connectivity index (χ1) is 9.62. The summed E-state index contributed by atoms with van der Waals surface area (Å²) in [5.74, 6) is -0.945. The zero-order valence-corrected chi connectivity index (χ0v) is 11.2. The Kier molecular flexibility index (Phi) is 3.22. The molecule has 0 radical (unpaired) electrons. The smallest absolute Gasteiger partial charge is 0.311 e. The first-order valence-corrected chi connectivity index (χ1v) is 6.95. The molecule has 5 heteroatoms. The number of fused-ring (bicyclic) bond motifs is 1. The summed E-state index contributed by atoms with van der Waals surface area (Å²) in [6.07, 6.45) is 2.22. The van der Waals surface area contributed by atoms with Crippen molar-refractivity contribution in [2.45, 2.75) is 25.3 Å². The minimum absolute atomic E-state index is 0.135. The lowest BCUT2D eigenvalue weighted by Gasteiger charge is -2.26. The lowest BCUT2D eigenvalue weighted by atomic mass is 9.94. The summed E-state index contributed by atoms with van der Waals surface area (Å²) >= 11 is 0. The zero-order chi connectivity index (χ0) is 14.2. The number of amides is 1. The third-order valence-corrected chi connectivity index (χ3v) is 4.28. The molecule has 0 bridgehead atoms. The monoisotopic (exact) mass is 274 g/mol. The maximum atomic E-state index is 12.3. The fourth-order valence-corrected chi connectivity index (χ4v) is 2.71. The van der Waals surface area contributed by atoms with E-state index in [4.69, 9.17) is 5.11 Å². The number of hydrogen-bond acceptors (Lipinski definition) is 3. The molecule has 1 aliphatic carbocycles. The third-order valence-electron chi connectivity index (χ3n) is 4.28. The number of carbonyl (C=O) groups is 2. The predicted molar refractivity (Wildman–Crippen MR) is 73.2 cm³/mol. The molecule has 3 rings (SSSR count). The fourth-order valence-electron chi connectivity index (χ4n) is 2.71. The summed E-state index contributed by atoms with van der Waals surface area (Å²) in [4.78, 5) is 23.4. The molecule has 20 heavy (non-hydrogen) atoms. The van der Waals surface area contributed by atoms with Gasteiger partial charge in [-0.25, -0.2) is 0 Å². The van der Waals surface area contributed by atoms with Crippen molar-refractivity contribution in [2.75, 3.05) is 13.1 Å². The average Bonchev–Trinajstić information content (AvgIpc) is 3.25. The van der Waals surface area contributed by atoms with E-state index in [2.05, 4.69) is 10.6 Å². The minimum Gasteiger partial charge on any atom is -0.481 e. The molecular formula is C15H18N2O3. The summed E-state index contributed by atoms with van der Waals surface area (Å²) in [6.45, 7) is 0.987. The van der Waals surface area contributed by atoms with Crippen LogP contribution in [0.15, 0.2) is 24.3 Å². The van der Waals surface area contributed by atoms with Crippen LogP contribution in [0.3, 0.4) is 0 Å². The van der Waals surface area contributed by atoms with E-state index in [0.29, 0.717) is 12.8 Å². The Morgan fingerprint density at radius 3 is 2.80 bits per heavy atom. The molecule has 1 unspecified atom stereocenters. The number of nitrogens with one attached hydrogen (secondary N) is 2. The van der Waals surface area contributed by atoms with Gasteiger partial charge in [0.2, 0.25) is 5.91 Å². The molecule has 106 valence electrons. The van der Waals surface area contributed by atoms with Gasteiger partial charge in [0.05, 0.1) is 5.41 Å². The second-order valence-corrected chi connectivity index (χ2v) is 5.64. The van der Waals surface area contributed by atoms with Crippen LogP contribution in [0.4, 0.5) is 0 Å². The molecule has 1 fully saturated rings. The van der Waals surface area contributed by atoms with Crippen LogP contribution in [0.25, 0.3) is 0 Å². The Hall–Kier alpha value is -1.88. The Bertz CT molecular complexity index is 552. The van der Waals surface area contributed by atoms with Gasteiger partial charge in [-0.1, -0.05) is 24.3 Å². The van der Waals surface area contributed by atoms with Gasteiger partial charge in [0.1, 0.15) is 6.04 Å². The average molecular weight is 274 g/mol. The normalized spacial score (nSPS) is 22.7. The third kappa shape index (κ3) is 2.29. The summed E-state index contributed by atoms with van der Waals surface area (Å²) in [5.41, 5.74) is 1.46. The molecule has 0 spiro atoms. The highest BCUT2D eigenvalue weighted by molar-refractivity contribution is 5.85. The van der Waals surface area contributed by atoms with E-state index in [-0.39, 0.29) is 18.5 Å². The number of carbonyl (C=O) groups excluding carboxylic acids is 1. The molecule has 5 nitrogen and oxygen atoms in total. The van der Waals surface area contributed by atoms with E-state index in [1.807, 2.05) is 24.3 Å². The van der Waals surface area contributed by atoms with Crippen LogP contribution in [0.1, 0.15) is 30.0 Å². The van der Waals surface area contributed by atoms with Crippen LogP contribution < -0.4 is 10.6 Å². The van der Waals surface area contributed by atoms with Crippen LogP contribution >= 0.6 is 0 Å². The Balaban J connectivity index is 1.68. The van der Waals surface area contributed by atoms with E-state index in [1.54, 1.807) is 0 Å². The molecule has 1 aromatic rings. The van der Waals surface area contributed by atoms with E-state index >= 15 is 0 Å². The molecule has 1 heterocycles. The first kappa shape index (κ1) is 13.1. The molecule has 1 aromatic carbocycles. The maximum absolute atomic E-state index is 12.3. The Morgan fingerprint density at radius 2 is 2.10 bits per heavy atom. The van der Waals surface area contributed by atoms with Gasteiger partial charge in [-0.3, -0.25) is 9.59 Å². The number of rotatable bonds is 4. The predicted octanol–water partition coefficient (Wildman–Crippen LogP) is 0.854. The van der Waals surface area contributed by atoms with Gasteiger partial charge in [-0.2, -0.15) is 0 Å². The van der Waals surface area contributed by atoms with Crippen molar-refractivity contribution in [3.63, 3.8) is 0 Å². The lowest BCUT2D eigenvalue weighted by molar-refractivity contribution is -0.143. The molecule has 0 saturated heterocycles. The topological polar surface area (TPSA) is 78.4 Å². The van der Waals surface area contributed by atoms with Crippen molar-refractivity contribution in [1.82, 2.24) is 10.6 Å². The highest BCUT2D eigenvalue weighted by Crippen LogP contribution is 2.45. The highest BCUT2D eigenvalue weighted by Gasteiger charge is 2.50. The molecule has 0 aromatic heterocycles. The van der Waals surface area contributed by atoms with Crippen molar-refractivity contribution in [2.24, 2.45) is 5.41 Å². The van der Waals surface area contributed by atoms with Crippen molar-refractivity contribution >= 4 is 11.9 Å². The summed E-state index contributed by atoms with van der Waals surface area (Å²) in [5, 5.41) is 15.1. The van der Waals surface area contributed by atoms with Crippen LogP contribution in [-0.4, -0.2) is 30.1 Å². The van der Waals surface area contributed by atoms with E-state index in [1.165, 1.54) is 5.56 Å². The zero-order valence-electron chi connectivity index (χ0n) is 11.2. The molecular weight excluding hydrogens is 256 g/mol. The molecule has 2 aliphatic rings. The van der Waals surface area contributed by atoms with Gasteiger partial charge in [0.15, 0.2) is 0 Å². The van der Waals surface area contributed by atoms with Crippen molar-refractivity contribution in [3.8, 4) is 0 Å². The summed E-state index contributed by atoms with van der Waals surface area (Å²) in [6, 6.07) is 7.52. The van der Waals surface area contributed by atoms with Crippen molar-refractivity contribution < 1.29 is 14.7 Å². The molecule has 1 atom stereocenters. The maximum Gasteiger partial charge on any atom is 0.311 e. The number of carboxylic acids is 1. The molecule has 1 saturated carbocycles. The molecule has 1 amide bonds. The van der Waals surface area contributed by atoms with Gasteiger partial charge >= 0.3 is 5.97 Å². The number of aliphatic carboxylic acids is 1. The SMILES string of the molecule is O=C(NCC1(C(=O)O)CC1)C1NCCc2ccccc21.